The SMILES string of the molecule is CCCCCCCCCCCC(=O)O[C@@H]1[C@@H](O)[C@@H](O)O[C@H](CO)[C@H]1O. The lowest BCUT2D eigenvalue weighted by Crippen LogP contribution is -2.59. The van der Waals surface area contributed by atoms with Gasteiger partial charge in [0.25, 0.3) is 0 Å². The van der Waals surface area contributed by atoms with Crippen molar-refractivity contribution in [2.45, 2.75) is 102 Å². The summed E-state index contributed by atoms with van der Waals surface area (Å²) in [5.74, 6) is -0.531. The lowest BCUT2D eigenvalue weighted by atomic mass is 9.99. The van der Waals surface area contributed by atoms with Crippen LogP contribution in [0.2, 0.25) is 0 Å². The first-order valence-corrected chi connectivity index (χ1v) is 9.51. The molecule has 1 heterocycles. The number of hydrogen-bond acceptors (Lipinski definition) is 7. The molecular formula is C18H34O7. The summed E-state index contributed by atoms with van der Waals surface area (Å²) in [6, 6.07) is 0. The Morgan fingerprint density at radius 1 is 0.920 bits per heavy atom. The monoisotopic (exact) mass is 362 g/mol. The fourth-order valence-electron chi connectivity index (χ4n) is 3.00. The number of rotatable bonds is 12. The molecule has 1 saturated heterocycles. The maximum absolute atomic E-state index is 11.9. The van der Waals surface area contributed by atoms with E-state index in [0.29, 0.717) is 6.42 Å². The van der Waals surface area contributed by atoms with Crippen LogP contribution in [0.4, 0.5) is 0 Å². The van der Waals surface area contributed by atoms with E-state index in [9.17, 15) is 20.1 Å². The highest BCUT2D eigenvalue weighted by molar-refractivity contribution is 5.69. The minimum atomic E-state index is -1.61. The normalized spacial score (nSPS) is 29.6. The Kier molecular flexibility index (Phi) is 11.2. The average molecular weight is 362 g/mol. The van der Waals surface area contributed by atoms with E-state index in [2.05, 4.69) is 6.92 Å². The molecule has 0 aliphatic carbocycles. The zero-order valence-electron chi connectivity index (χ0n) is 15.2. The van der Waals surface area contributed by atoms with E-state index in [1.165, 1.54) is 38.5 Å². The van der Waals surface area contributed by atoms with E-state index in [4.69, 9.17) is 14.6 Å². The van der Waals surface area contributed by atoms with Gasteiger partial charge in [-0.2, -0.15) is 0 Å². The van der Waals surface area contributed by atoms with Gasteiger partial charge in [0.2, 0.25) is 0 Å². The van der Waals surface area contributed by atoms with Gasteiger partial charge in [0.05, 0.1) is 6.61 Å². The van der Waals surface area contributed by atoms with Gasteiger partial charge in [-0.25, -0.2) is 0 Å². The van der Waals surface area contributed by atoms with Crippen LogP contribution < -0.4 is 0 Å². The first kappa shape index (κ1) is 22.3. The van der Waals surface area contributed by atoms with Gasteiger partial charge in [0, 0.05) is 6.42 Å². The summed E-state index contributed by atoms with van der Waals surface area (Å²) in [5, 5.41) is 38.4. The van der Waals surface area contributed by atoms with Crippen LogP contribution in [-0.4, -0.2) is 63.7 Å². The minimum absolute atomic E-state index is 0.201. The zero-order chi connectivity index (χ0) is 18.7. The largest absolute Gasteiger partial charge is 0.456 e. The van der Waals surface area contributed by atoms with Crippen molar-refractivity contribution < 1.29 is 34.7 Å². The summed E-state index contributed by atoms with van der Waals surface area (Å²) in [5.41, 5.74) is 0. The molecule has 7 nitrogen and oxygen atoms in total. The number of aliphatic hydroxyl groups is 4. The topological polar surface area (TPSA) is 116 Å². The molecule has 1 aliphatic rings. The summed E-state index contributed by atoms with van der Waals surface area (Å²) in [4.78, 5) is 11.9. The summed E-state index contributed by atoms with van der Waals surface area (Å²) >= 11 is 0. The second-order valence-electron chi connectivity index (χ2n) is 6.76. The third kappa shape index (κ3) is 8.00. The van der Waals surface area contributed by atoms with Crippen molar-refractivity contribution in [3.05, 3.63) is 0 Å². The van der Waals surface area contributed by atoms with Crippen molar-refractivity contribution >= 4 is 5.97 Å². The minimum Gasteiger partial charge on any atom is -0.456 e. The van der Waals surface area contributed by atoms with Crippen LogP contribution in [0.25, 0.3) is 0 Å². The molecule has 0 saturated carbocycles. The molecule has 0 aromatic carbocycles. The zero-order valence-corrected chi connectivity index (χ0v) is 15.2. The van der Waals surface area contributed by atoms with E-state index >= 15 is 0 Å². The molecule has 1 fully saturated rings. The number of esters is 1. The second-order valence-corrected chi connectivity index (χ2v) is 6.76. The fraction of sp³-hybridized carbons (Fsp3) is 0.944. The second kappa shape index (κ2) is 12.6. The third-order valence-electron chi connectivity index (χ3n) is 4.59. The Balaban J connectivity index is 2.18. The molecule has 0 spiro atoms. The van der Waals surface area contributed by atoms with E-state index < -0.39 is 43.3 Å². The molecule has 7 heteroatoms. The number of hydrogen-bond donors (Lipinski definition) is 4. The molecule has 0 amide bonds. The molecule has 1 aliphatic heterocycles. The molecule has 1 rings (SSSR count). The standard InChI is InChI=1S/C18H34O7/c1-2-3-4-5-6-7-8-9-10-11-14(20)25-17-15(21)13(12-19)24-18(23)16(17)22/h13,15-19,21-23H,2-12H2,1H3/t13-,15-,16-,17+,18+/m1/s1. The number of unbranched alkanes of at least 4 members (excludes halogenated alkanes) is 8. The van der Waals surface area contributed by atoms with E-state index in [0.717, 1.165) is 12.8 Å². The predicted molar refractivity (Wildman–Crippen MR) is 91.7 cm³/mol. The number of ether oxygens (including phenoxy) is 2. The van der Waals surface area contributed by atoms with Gasteiger partial charge >= 0.3 is 5.97 Å². The average Bonchev–Trinajstić information content (AvgIpc) is 2.60. The Bertz CT molecular complexity index is 363. The van der Waals surface area contributed by atoms with E-state index in [1.54, 1.807) is 0 Å². The van der Waals surface area contributed by atoms with Crippen LogP contribution in [0.15, 0.2) is 0 Å². The van der Waals surface area contributed by atoms with Crippen molar-refractivity contribution in [2.75, 3.05) is 6.61 Å². The lowest BCUT2D eigenvalue weighted by molar-refractivity contribution is -0.289. The van der Waals surface area contributed by atoms with Crippen LogP contribution in [0.1, 0.15) is 71.1 Å². The molecule has 0 bridgehead atoms. The van der Waals surface area contributed by atoms with Crippen molar-refractivity contribution in [3.8, 4) is 0 Å². The molecule has 5 atom stereocenters. The first-order valence-electron chi connectivity index (χ1n) is 9.51. The van der Waals surface area contributed by atoms with E-state index in [-0.39, 0.29) is 6.42 Å². The molecule has 0 aromatic rings. The predicted octanol–water partition coefficient (Wildman–Crippen LogP) is 1.25. The Labute approximate surface area is 150 Å². The Hall–Kier alpha value is -0.730. The number of aliphatic hydroxyl groups excluding tert-OH is 4. The van der Waals surface area contributed by atoms with Gasteiger partial charge in [0.1, 0.15) is 18.3 Å². The molecule has 25 heavy (non-hydrogen) atoms. The van der Waals surface area contributed by atoms with Crippen LogP contribution >= 0.6 is 0 Å². The van der Waals surface area contributed by atoms with Gasteiger partial charge in [-0.1, -0.05) is 58.3 Å². The quantitative estimate of drug-likeness (QED) is 0.305. The third-order valence-corrected chi connectivity index (χ3v) is 4.59. The van der Waals surface area contributed by atoms with Gasteiger partial charge in [-0.15, -0.1) is 0 Å². The van der Waals surface area contributed by atoms with Crippen LogP contribution in [-0.2, 0) is 14.3 Å². The molecule has 0 unspecified atom stereocenters. The summed E-state index contributed by atoms with van der Waals surface area (Å²) < 4.78 is 9.95. The number of carbonyl (C=O) groups is 1. The van der Waals surface area contributed by atoms with Crippen LogP contribution in [0.3, 0.4) is 0 Å². The Morgan fingerprint density at radius 2 is 1.48 bits per heavy atom. The summed E-state index contributed by atoms with van der Waals surface area (Å²) in [6.07, 6.45) is 3.48. The Morgan fingerprint density at radius 3 is 2.04 bits per heavy atom. The summed E-state index contributed by atoms with van der Waals surface area (Å²) in [7, 11) is 0. The maximum Gasteiger partial charge on any atom is 0.306 e. The number of carbonyl (C=O) groups excluding carboxylic acids is 1. The lowest BCUT2D eigenvalue weighted by Gasteiger charge is -2.39. The van der Waals surface area contributed by atoms with Gasteiger partial charge < -0.3 is 29.9 Å². The molecule has 4 N–H and O–H groups in total. The molecule has 0 aromatic heterocycles. The highest BCUT2D eigenvalue weighted by Gasteiger charge is 2.45. The first-order chi connectivity index (χ1) is 12.0. The van der Waals surface area contributed by atoms with Crippen LogP contribution in [0.5, 0.6) is 0 Å². The highest BCUT2D eigenvalue weighted by Crippen LogP contribution is 2.23. The van der Waals surface area contributed by atoms with Gasteiger partial charge in [-0.3, -0.25) is 4.79 Å². The van der Waals surface area contributed by atoms with Gasteiger partial charge in [-0.05, 0) is 6.42 Å². The van der Waals surface area contributed by atoms with Crippen molar-refractivity contribution in [1.29, 1.82) is 0 Å². The van der Waals surface area contributed by atoms with E-state index in [1.807, 2.05) is 0 Å². The highest BCUT2D eigenvalue weighted by atomic mass is 16.7. The van der Waals surface area contributed by atoms with Crippen molar-refractivity contribution in [1.82, 2.24) is 0 Å². The molecule has 0 radical (unpaired) electrons. The van der Waals surface area contributed by atoms with Crippen molar-refractivity contribution in [3.63, 3.8) is 0 Å². The van der Waals surface area contributed by atoms with Gasteiger partial charge in [0.15, 0.2) is 12.4 Å². The molecule has 148 valence electrons. The molecular weight excluding hydrogens is 328 g/mol. The smallest absolute Gasteiger partial charge is 0.306 e. The van der Waals surface area contributed by atoms with Crippen LogP contribution in [0, 0.1) is 0 Å². The summed E-state index contributed by atoms with van der Waals surface area (Å²) in [6.45, 7) is 1.65. The van der Waals surface area contributed by atoms with Crippen molar-refractivity contribution in [2.24, 2.45) is 0 Å². The fourth-order valence-corrected chi connectivity index (χ4v) is 3.00. The maximum atomic E-state index is 11.9.